The molecule has 0 spiro atoms. The Morgan fingerprint density at radius 3 is 2.75 bits per heavy atom. The molecule has 1 aliphatic rings. The topological polar surface area (TPSA) is 55.0 Å². The molecule has 20 heavy (non-hydrogen) atoms. The van der Waals surface area contributed by atoms with Crippen molar-refractivity contribution < 1.29 is 0 Å². The molecule has 0 aliphatic carbocycles. The Morgan fingerprint density at radius 1 is 1.20 bits per heavy atom. The van der Waals surface area contributed by atoms with Crippen molar-refractivity contribution in [3.05, 3.63) is 48.3 Å². The first-order valence-electron chi connectivity index (χ1n) is 7.05. The molecule has 2 aromatic rings. The lowest BCUT2D eigenvalue weighted by Gasteiger charge is -2.41. The van der Waals surface area contributed by atoms with Gasteiger partial charge in [0, 0.05) is 24.6 Å². The van der Waals surface area contributed by atoms with E-state index in [1.165, 1.54) is 12.0 Å². The fraction of sp³-hybridized carbons (Fsp3) is 0.375. The second kappa shape index (κ2) is 5.12. The molecule has 2 N–H and O–H groups in total. The van der Waals surface area contributed by atoms with Crippen LogP contribution in [0.1, 0.15) is 25.3 Å². The number of anilines is 2. The van der Waals surface area contributed by atoms with Gasteiger partial charge in [0.15, 0.2) is 0 Å². The van der Waals surface area contributed by atoms with Crippen LogP contribution in [0.4, 0.5) is 11.6 Å². The summed E-state index contributed by atoms with van der Waals surface area (Å²) in [5.41, 5.74) is 7.33. The Morgan fingerprint density at radius 2 is 2.00 bits per heavy atom. The quantitative estimate of drug-likeness (QED) is 0.909. The van der Waals surface area contributed by atoms with Gasteiger partial charge < -0.3 is 10.6 Å². The SMILES string of the molecule is C[C@]1(c2ccccc2)CCCN(c2cc(N)ncn2)C1. The summed E-state index contributed by atoms with van der Waals surface area (Å²) in [6, 6.07) is 12.6. The molecule has 4 nitrogen and oxygen atoms in total. The second-order valence-corrected chi connectivity index (χ2v) is 5.75. The van der Waals surface area contributed by atoms with Crippen molar-refractivity contribution in [3.63, 3.8) is 0 Å². The minimum Gasteiger partial charge on any atom is -0.384 e. The highest BCUT2D eigenvalue weighted by atomic mass is 15.2. The molecule has 1 aromatic heterocycles. The number of aromatic nitrogens is 2. The summed E-state index contributed by atoms with van der Waals surface area (Å²) >= 11 is 0. The molecule has 1 aliphatic heterocycles. The van der Waals surface area contributed by atoms with E-state index in [1.54, 1.807) is 6.33 Å². The molecule has 0 unspecified atom stereocenters. The maximum Gasteiger partial charge on any atom is 0.134 e. The number of benzene rings is 1. The van der Waals surface area contributed by atoms with Gasteiger partial charge in [-0.1, -0.05) is 37.3 Å². The molecule has 3 rings (SSSR count). The van der Waals surface area contributed by atoms with E-state index in [0.717, 1.165) is 25.3 Å². The number of piperidine rings is 1. The maximum absolute atomic E-state index is 5.77. The highest BCUT2D eigenvalue weighted by Crippen LogP contribution is 2.35. The second-order valence-electron chi connectivity index (χ2n) is 5.75. The third kappa shape index (κ3) is 2.46. The molecule has 2 heterocycles. The summed E-state index contributed by atoms with van der Waals surface area (Å²) in [5, 5.41) is 0. The fourth-order valence-electron chi connectivity index (χ4n) is 3.05. The van der Waals surface area contributed by atoms with E-state index in [1.807, 2.05) is 6.07 Å². The minimum absolute atomic E-state index is 0.166. The third-order valence-corrected chi connectivity index (χ3v) is 4.16. The molecule has 1 aromatic carbocycles. The summed E-state index contributed by atoms with van der Waals surface area (Å²) in [4.78, 5) is 10.6. The maximum atomic E-state index is 5.77. The van der Waals surface area contributed by atoms with E-state index < -0.39 is 0 Å². The van der Waals surface area contributed by atoms with Gasteiger partial charge in [0.1, 0.15) is 18.0 Å². The largest absolute Gasteiger partial charge is 0.384 e. The summed E-state index contributed by atoms with van der Waals surface area (Å²) in [5.74, 6) is 1.46. The molecule has 4 heteroatoms. The van der Waals surface area contributed by atoms with Crippen molar-refractivity contribution in [2.45, 2.75) is 25.2 Å². The summed E-state index contributed by atoms with van der Waals surface area (Å²) in [6.45, 7) is 4.32. The smallest absolute Gasteiger partial charge is 0.134 e. The molecule has 1 saturated heterocycles. The van der Waals surface area contributed by atoms with Gasteiger partial charge in [-0.3, -0.25) is 0 Å². The van der Waals surface area contributed by atoms with Crippen molar-refractivity contribution in [2.75, 3.05) is 23.7 Å². The first-order valence-corrected chi connectivity index (χ1v) is 7.05. The molecule has 1 atom stereocenters. The molecule has 1 fully saturated rings. The van der Waals surface area contributed by atoms with E-state index in [9.17, 15) is 0 Å². The molecular weight excluding hydrogens is 248 g/mol. The van der Waals surface area contributed by atoms with Crippen molar-refractivity contribution in [3.8, 4) is 0 Å². The van der Waals surface area contributed by atoms with Gasteiger partial charge in [0.2, 0.25) is 0 Å². The van der Waals surface area contributed by atoms with Crippen LogP contribution in [0.15, 0.2) is 42.7 Å². The van der Waals surface area contributed by atoms with Crippen LogP contribution in [0.2, 0.25) is 0 Å². The van der Waals surface area contributed by atoms with Gasteiger partial charge >= 0.3 is 0 Å². The summed E-state index contributed by atoms with van der Waals surface area (Å²) < 4.78 is 0. The predicted molar refractivity (Wildman–Crippen MR) is 81.7 cm³/mol. The number of nitrogens with zero attached hydrogens (tertiary/aromatic N) is 3. The van der Waals surface area contributed by atoms with E-state index in [2.05, 4.69) is 52.1 Å². The highest BCUT2D eigenvalue weighted by Gasteiger charge is 2.33. The molecule has 0 amide bonds. The minimum atomic E-state index is 0.166. The number of hydrogen-bond donors (Lipinski definition) is 1. The van der Waals surface area contributed by atoms with Crippen molar-refractivity contribution >= 4 is 11.6 Å². The Hall–Kier alpha value is -2.10. The first-order chi connectivity index (χ1) is 9.67. The molecule has 104 valence electrons. The van der Waals surface area contributed by atoms with E-state index in [-0.39, 0.29) is 5.41 Å². The van der Waals surface area contributed by atoms with Crippen LogP contribution in [0.3, 0.4) is 0 Å². The monoisotopic (exact) mass is 268 g/mol. The van der Waals surface area contributed by atoms with Gasteiger partial charge in [-0.2, -0.15) is 0 Å². The highest BCUT2D eigenvalue weighted by molar-refractivity contribution is 5.47. The summed E-state index contributed by atoms with van der Waals surface area (Å²) in [7, 11) is 0. The number of nitrogens with two attached hydrogens (primary N) is 1. The molecular formula is C16H20N4. The standard InChI is InChI=1S/C16H20N4/c1-16(13-6-3-2-4-7-13)8-5-9-20(11-16)15-10-14(17)18-12-19-15/h2-4,6-7,10,12H,5,8-9,11H2,1H3,(H2,17,18,19)/t16-/m0/s1. The van der Waals surface area contributed by atoms with Crippen LogP contribution in [-0.2, 0) is 5.41 Å². The van der Waals surface area contributed by atoms with Crippen LogP contribution < -0.4 is 10.6 Å². The number of hydrogen-bond acceptors (Lipinski definition) is 4. The average Bonchev–Trinajstić information content (AvgIpc) is 2.48. The Labute approximate surface area is 119 Å². The Kier molecular flexibility index (Phi) is 3.30. The van der Waals surface area contributed by atoms with Gasteiger partial charge in [-0.15, -0.1) is 0 Å². The molecule has 0 saturated carbocycles. The lowest BCUT2D eigenvalue weighted by molar-refractivity contribution is 0.372. The lowest BCUT2D eigenvalue weighted by atomic mass is 9.76. The molecule has 0 radical (unpaired) electrons. The van der Waals surface area contributed by atoms with Gasteiger partial charge in [0.05, 0.1) is 0 Å². The van der Waals surface area contributed by atoms with Crippen LogP contribution >= 0.6 is 0 Å². The van der Waals surface area contributed by atoms with Crippen molar-refractivity contribution in [1.29, 1.82) is 0 Å². The van der Waals surface area contributed by atoms with Gasteiger partial charge in [-0.05, 0) is 18.4 Å². The first kappa shape index (κ1) is 12.9. The van der Waals surface area contributed by atoms with Crippen molar-refractivity contribution in [1.82, 2.24) is 9.97 Å². The zero-order valence-electron chi connectivity index (χ0n) is 11.8. The van der Waals surface area contributed by atoms with Crippen molar-refractivity contribution in [2.24, 2.45) is 0 Å². The number of nitrogen functional groups attached to an aromatic ring is 1. The predicted octanol–water partition coefficient (Wildman–Crippen LogP) is 2.62. The van der Waals surface area contributed by atoms with E-state index in [4.69, 9.17) is 5.73 Å². The van der Waals surface area contributed by atoms with E-state index >= 15 is 0 Å². The fourth-order valence-corrected chi connectivity index (χ4v) is 3.05. The van der Waals surface area contributed by atoms with Gasteiger partial charge in [0.25, 0.3) is 0 Å². The zero-order chi connectivity index (χ0) is 14.0. The number of rotatable bonds is 2. The van der Waals surface area contributed by atoms with Crippen LogP contribution in [0.25, 0.3) is 0 Å². The lowest BCUT2D eigenvalue weighted by Crippen LogP contribution is -2.44. The Bertz CT molecular complexity index is 584. The van der Waals surface area contributed by atoms with Crippen LogP contribution in [0.5, 0.6) is 0 Å². The Balaban J connectivity index is 1.87. The third-order valence-electron chi connectivity index (χ3n) is 4.16. The van der Waals surface area contributed by atoms with Gasteiger partial charge in [-0.25, -0.2) is 9.97 Å². The van der Waals surface area contributed by atoms with Crippen LogP contribution in [-0.4, -0.2) is 23.1 Å². The zero-order valence-corrected chi connectivity index (χ0v) is 11.8. The van der Waals surface area contributed by atoms with E-state index in [0.29, 0.717) is 5.82 Å². The average molecular weight is 268 g/mol. The normalized spacial score (nSPS) is 22.8. The molecule has 0 bridgehead atoms. The van der Waals surface area contributed by atoms with Crippen LogP contribution in [0, 0.1) is 0 Å². The summed E-state index contributed by atoms with van der Waals surface area (Å²) in [6.07, 6.45) is 3.91.